The number of hydrogen-bond donors (Lipinski definition) is 1. The first-order chi connectivity index (χ1) is 14.3. The molecule has 1 aliphatic carbocycles. The Morgan fingerprint density at radius 3 is 2.63 bits per heavy atom. The summed E-state index contributed by atoms with van der Waals surface area (Å²) in [6.07, 6.45) is 0.504. The van der Waals surface area contributed by atoms with E-state index < -0.39 is 11.9 Å². The number of benzene rings is 1. The average molecular weight is 482 g/mol. The molecule has 0 spiro atoms. The van der Waals surface area contributed by atoms with E-state index in [4.69, 9.17) is 0 Å². The van der Waals surface area contributed by atoms with E-state index >= 15 is 0 Å². The molecular formula is C20H19BrF3N5O. The lowest BCUT2D eigenvalue weighted by molar-refractivity contribution is -0.141. The lowest BCUT2D eigenvalue weighted by atomic mass is 10.2. The van der Waals surface area contributed by atoms with Crippen LogP contribution in [0.3, 0.4) is 0 Å². The highest BCUT2D eigenvalue weighted by atomic mass is 79.9. The van der Waals surface area contributed by atoms with Gasteiger partial charge in [-0.2, -0.15) is 23.4 Å². The molecular weight excluding hydrogens is 463 g/mol. The fourth-order valence-corrected chi connectivity index (χ4v) is 3.44. The van der Waals surface area contributed by atoms with Gasteiger partial charge in [0.05, 0.1) is 18.4 Å². The lowest BCUT2D eigenvalue weighted by Crippen LogP contribution is -2.16. The third-order valence-electron chi connectivity index (χ3n) is 4.82. The molecule has 1 aliphatic rings. The van der Waals surface area contributed by atoms with Crippen LogP contribution in [0.5, 0.6) is 0 Å². The Morgan fingerprint density at radius 1 is 1.23 bits per heavy atom. The summed E-state index contributed by atoms with van der Waals surface area (Å²) in [4.78, 5) is 12.3. The second-order valence-corrected chi connectivity index (χ2v) is 8.22. The molecule has 4 rings (SSSR count). The van der Waals surface area contributed by atoms with Crippen molar-refractivity contribution in [3.63, 3.8) is 0 Å². The van der Waals surface area contributed by atoms with Crippen LogP contribution in [0.25, 0.3) is 0 Å². The number of carbonyl (C=O) groups excluding carboxylic acids is 1. The maximum atomic E-state index is 13.0. The van der Waals surface area contributed by atoms with Crippen molar-refractivity contribution < 1.29 is 18.0 Å². The molecule has 2 aromatic heterocycles. The van der Waals surface area contributed by atoms with E-state index in [0.29, 0.717) is 17.9 Å². The minimum atomic E-state index is -4.49. The fraction of sp³-hybridized carbons (Fsp3) is 0.350. The molecule has 6 nitrogen and oxygen atoms in total. The molecule has 0 aliphatic heterocycles. The van der Waals surface area contributed by atoms with Crippen molar-refractivity contribution in [2.75, 3.05) is 5.32 Å². The van der Waals surface area contributed by atoms with Gasteiger partial charge in [-0.05, 0) is 36.6 Å². The van der Waals surface area contributed by atoms with Crippen LogP contribution in [-0.4, -0.2) is 25.5 Å². The first-order valence-electron chi connectivity index (χ1n) is 9.49. The Bertz CT molecular complexity index is 1040. The number of carbonyl (C=O) groups is 1. The summed E-state index contributed by atoms with van der Waals surface area (Å²) in [5, 5.41) is 10.6. The monoisotopic (exact) mass is 481 g/mol. The highest BCUT2D eigenvalue weighted by Crippen LogP contribution is 2.42. The van der Waals surface area contributed by atoms with Gasteiger partial charge in [-0.15, -0.1) is 0 Å². The normalized spacial score (nSPS) is 14.1. The maximum absolute atomic E-state index is 13.0. The van der Waals surface area contributed by atoms with Crippen LogP contribution in [0.2, 0.25) is 0 Å². The minimum absolute atomic E-state index is 0.0244. The number of amides is 1. The quantitative estimate of drug-likeness (QED) is 0.526. The third-order valence-corrected chi connectivity index (χ3v) is 5.35. The second-order valence-electron chi connectivity index (χ2n) is 7.30. The van der Waals surface area contributed by atoms with Gasteiger partial charge >= 0.3 is 6.18 Å². The van der Waals surface area contributed by atoms with Gasteiger partial charge in [0.15, 0.2) is 5.69 Å². The van der Waals surface area contributed by atoms with E-state index in [1.807, 2.05) is 24.3 Å². The van der Waals surface area contributed by atoms with Crippen molar-refractivity contribution in [1.82, 2.24) is 19.6 Å². The van der Waals surface area contributed by atoms with Crippen LogP contribution in [0, 0.1) is 0 Å². The zero-order chi connectivity index (χ0) is 21.3. The van der Waals surface area contributed by atoms with Gasteiger partial charge < -0.3 is 5.32 Å². The van der Waals surface area contributed by atoms with E-state index in [0.717, 1.165) is 28.9 Å². The van der Waals surface area contributed by atoms with E-state index in [1.54, 1.807) is 17.1 Å². The maximum Gasteiger partial charge on any atom is 0.435 e. The molecule has 10 heteroatoms. The zero-order valence-electron chi connectivity index (χ0n) is 15.9. The first-order valence-corrected chi connectivity index (χ1v) is 10.3. The summed E-state index contributed by atoms with van der Waals surface area (Å²) >= 11 is 3.39. The Hall–Kier alpha value is -2.62. The number of aromatic nitrogens is 4. The molecule has 30 heavy (non-hydrogen) atoms. The van der Waals surface area contributed by atoms with Gasteiger partial charge in [-0.25, -0.2) is 0 Å². The molecule has 0 unspecified atom stereocenters. The molecule has 0 atom stereocenters. The van der Waals surface area contributed by atoms with Gasteiger partial charge in [-0.3, -0.25) is 14.2 Å². The number of anilines is 1. The van der Waals surface area contributed by atoms with Gasteiger partial charge in [0.1, 0.15) is 0 Å². The summed E-state index contributed by atoms with van der Waals surface area (Å²) in [5.74, 6) is -0.197. The Balaban J connectivity index is 1.34. The summed E-state index contributed by atoms with van der Waals surface area (Å²) in [7, 11) is 0. The predicted molar refractivity (Wildman–Crippen MR) is 108 cm³/mol. The Kier molecular flexibility index (Phi) is 5.68. The van der Waals surface area contributed by atoms with Crippen molar-refractivity contribution in [2.45, 2.75) is 44.4 Å². The smallest absolute Gasteiger partial charge is 0.323 e. The van der Waals surface area contributed by atoms with E-state index in [1.165, 1.54) is 4.68 Å². The molecule has 1 aromatic carbocycles. The highest BCUT2D eigenvalue weighted by Gasteiger charge is 2.37. The van der Waals surface area contributed by atoms with Crippen LogP contribution < -0.4 is 5.32 Å². The molecule has 0 saturated heterocycles. The number of nitrogens with one attached hydrogen (secondary N) is 1. The summed E-state index contributed by atoms with van der Waals surface area (Å²) < 4.78 is 42.9. The van der Waals surface area contributed by atoms with Crippen LogP contribution in [-0.2, 0) is 24.1 Å². The number of halogens is 4. The van der Waals surface area contributed by atoms with Crippen LogP contribution in [0.4, 0.5) is 18.9 Å². The summed E-state index contributed by atoms with van der Waals surface area (Å²) in [6, 6.07) is 8.93. The van der Waals surface area contributed by atoms with Crippen molar-refractivity contribution in [1.29, 1.82) is 0 Å². The van der Waals surface area contributed by atoms with Crippen molar-refractivity contribution in [2.24, 2.45) is 0 Å². The molecule has 158 valence electrons. The van der Waals surface area contributed by atoms with E-state index in [2.05, 4.69) is 31.4 Å². The van der Waals surface area contributed by atoms with E-state index in [9.17, 15) is 18.0 Å². The molecule has 0 radical (unpaired) electrons. The molecule has 0 bridgehead atoms. The minimum Gasteiger partial charge on any atom is -0.323 e. The van der Waals surface area contributed by atoms with Crippen molar-refractivity contribution in [3.05, 3.63) is 64.1 Å². The lowest BCUT2D eigenvalue weighted by Gasteiger charge is -2.07. The molecule has 3 aromatic rings. The highest BCUT2D eigenvalue weighted by molar-refractivity contribution is 9.10. The summed E-state index contributed by atoms with van der Waals surface area (Å²) in [6.45, 7) is 0.655. The first kappa shape index (κ1) is 20.6. The third kappa shape index (κ3) is 5.10. The van der Waals surface area contributed by atoms with Gasteiger partial charge in [0.2, 0.25) is 5.91 Å². The number of alkyl halides is 3. The van der Waals surface area contributed by atoms with Crippen LogP contribution in [0.1, 0.15) is 42.1 Å². The molecule has 2 heterocycles. The molecule has 1 saturated carbocycles. The fourth-order valence-electron chi connectivity index (χ4n) is 3.18. The zero-order valence-corrected chi connectivity index (χ0v) is 17.4. The van der Waals surface area contributed by atoms with Crippen molar-refractivity contribution >= 4 is 27.5 Å². The molecule has 1 fully saturated rings. The Labute approximate surface area is 179 Å². The second kappa shape index (κ2) is 8.25. The molecule has 1 N–H and O–H groups in total. The van der Waals surface area contributed by atoms with E-state index in [-0.39, 0.29) is 24.8 Å². The van der Waals surface area contributed by atoms with Crippen LogP contribution >= 0.6 is 15.9 Å². The van der Waals surface area contributed by atoms with Crippen LogP contribution in [0.15, 0.2) is 47.2 Å². The van der Waals surface area contributed by atoms with Crippen molar-refractivity contribution in [3.8, 4) is 0 Å². The number of nitrogens with zero attached hydrogens (tertiary/aromatic N) is 4. The van der Waals surface area contributed by atoms with Gasteiger partial charge in [0, 0.05) is 35.2 Å². The standard InChI is InChI=1S/C20H19BrF3N5O/c21-15-5-1-13(2-6-15)11-28-12-16(10-25-28)26-19(30)7-8-29-17(14-3-4-14)9-18(27-29)20(22,23)24/h1-2,5-6,9-10,12,14H,3-4,7-8,11H2,(H,26,30). The summed E-state index contributed by atoms with van der Waals surface area (Å²) in [5.41, 5.74) is 1.25. The number of rotatable bonds is 7. The SMILES string of the molecule is O=C(CCn1nc(C(F)(F)F)cc1C1CC1)Nc1cnn(Cc2ccc(Br)cc2)c1. The number of aryl methyl sites for hydroxylation is 1. The molecule has 1 amide bonds. The predicted octanol–water partition coefficient (Wildman–Crippen LogP) is 4.82. The largest absolute Gasteiger partial charge is 0.435 e. The van der Waals surface area contributed by atoms with Gasteiger partial charge in [0.25, 0.3) is 0 Å². The van der Waals surface area contributed by atoms with Gasteiger partial charge in [-0.1, -0.05) is 28.1 Å². The topological polar surface area (TPSA) is 64.7 Å². The Morgan fingerprint density at radius 2 is 1.97 bits per heavy atom. The average Bonchev–Trinajstić information content (AvgIpc) is 3.28. The number of hydrogen-bond acceptors (Lipinski definition) is 3.